The first kappa shape index (κ1) is 26.0. The normalized spacial score (nSPS) is 12.0. The Hall–Kier alpha value is -0.990. The average molecular weight is 382 g/mol. The number of carbonyl (C=O) groups excluding carboxylic acids is 1. The largest absolute Gasteiger partial charge is 0.550 e. The minimum Gasteiger partial charge on any atom is -0.550 e. The van der Waals surface area contributed by atoms with Gasteiger partial charge in [0.2, 0.25) is 0 Å². The summed E-state index contributed by atoms with van der Waals surface area (Å²) in [6.45, 7) is 6.39. The third-order valence-corrected chi connectivity index (χ3v) is 5.42. The number of ether oxygens (including phenoxy) is 1. The monoisotopic (exact) mass is 381 g/mol. The zero-order chi connectivity index (χ0) is 20.0. The molecule has 0 saturated carbocycles. The molecule has 0 spiro atoms. The van der Waals surface area contributed by atoms with Gasteiger partial charge >= 0.3 is 0 Å². The predicted octanol–water partition coefficient (Wildman–Crippen LogP) is 6.55. The van der Waals surface area contributed by atoms with Gasteiger partial charge in [-0.2, -0.15) is 0 Å². The molecule has 0 saturated heterocycles. The van der Waals surface area contributed by atoms with Gasteiger partial charge in [-0.1, -0.05) is 103 Å². The van der Waals surface area contributed by atoms with Crippen molar-refractivity contribution in [1.29, 1.82) is 0 Å². The van der Waals surface area contributed by atoms with Crippen LogP contribution < -0.4 is 5.11 Å². The molecule has 1 atom stereocenters. The van der Waals surface area contributed by atoms with Crippen LogP contribution in [0.1, 0.15) is 122 Å². The number of hydrogen-bond acceptors (Lipinski definition) is 3. The number of hydrogen-bond donors (Lipinski definition) is 0. The van der Waals surface area contributed by atoms with Crippen LogP contribution in [0.4, 0.5) is 0 Å². The summed E-state index contributed by atoms with van der Waals surface area (Å²) in [5.41, 5.74) is 0. The van der Waals surface area contributed by atoms with E-state index in [1.54, 1.807) is 0 Å². The lowest BCUT2D eigenvalue weighted by atomic mass is 9.95. The van der Waals surface area contributed by atoms with Crippen LogP contribution in [-0.2, 0) is 9.53 Å². The van der Waals surface area contributed by atoms with E-state index in [1.807, 2.05) is 0 Å². The van der Waals surface area contributed by atoms with Crippen molar-refractivity contribution in [3.63, 3.8) is 0 Å². The second-order valence-corrected chi connectivity index (χ2v) is 7.93. The lowest BCUT2D eigenvalue weighted by Crippen LogP contribution is -2.31. The second kappa shape index (κ2) is 21.3. The van der Waals surface area contributed by atoms with Crippen molar-refractivity contribution < 1.29 is 14.6 Å². The highest BCUT2D eigenvalue weighted by molar-refractivity contribution is 5.67. The van der Waals surface area contributed by atoms with Gasteiger partial charge in [0.05, 0.1) is 12.9 Å². The standard InChI is InChI=1S/C24H46O3/c1-3-5-6-7-8-9-10-11-12-13-14-15-16-17-20-23(24(25)26)21-18-19-22-27-4-2/h4,23H,2-3,5-22H2,1H3,(H,25,26)/p-1. The Morgan fingerprint density at radius 1 is 0.778 bits per heavy atom. The smallest absolute Gasteiger partial charge is 0.0873 e. The van der Waals surface area contributed by atoms with E-state index in [2.05, 4.69) is 13.5 Å². The van der Waals surface area contributed by atoms with Gasteiger partial charge in [0, 0.05) is 5.97 Å². The maximum absolute atomic E-state index is 11.2. The molecule has 0 aliphatic carbocycles. The van der Waals surface area contributed by atoms with E-state index in [4.69, 9.17) is 4.74 Å². The lowest BCUT2D eigenvalue weighted by Gasteiger charge is -2.17. The second-order valence-electron chi connectivity index (χ2n) is 7.93. The van der Waals surface area contributed by atoms with Crippen molar-refractivity contribution in [2.45, 2.75) is 122 Å². The number of carboxylic acid groups (broad SMARTS) is 1. The van der Waals surface area contributed by atoms with Crippen LogP contribution in [-0.4, -0.2) is 12.6 Å². The topological polar surface area (TPSA) is 49.4 Å². The predicted molar refractivity (Wildman–Crippen MR) is 113 cm³/mol. The minimum absolute atomic E-state index is 0.286. The molecular formula is C24H45O3-. The van der Waals surface area contributed by atoms with Crippen molar-refractivity contribution in [2.75, 3.05) is 6.61 Å². The fraction of sp³-hybridized carbons (Fsp3) is 0.875. The molecule has 0 fully saturated rings. The maximum Gasteiger partial charge on any atom is 0.0873 e. The zero-order valence-electron chi connectivity index (χ0n) is 18.0. The SMILES string of the molecule is C=COCCCCC(CCCCCCCCCCCCCCCC)C(=O)[O-]. The summed E-state index contributed by atoms with van der Waals surface area (Å²) >= 11 is 0. The molecule has 0 aliphatic rings. The van der Waals surface area contributed by atoms with Crippen LogP contribution in [0.15, 0.2) is 12.8 Å². The maximum atomic E-state index is 11.2. The van der Waals surface area contributed by atoms with Crippen molar-refractivity contribution in [3.05, 3.63) is 12.8 Å². The Balaban J connectivity index is 3.37. The molecular weight excluding hydrogens is 336 g/mol. The van der Waals surface area contributed by atoms with Crippen LogP contribution in [0, 0.1) is 5.92 Å². The molecule has 0 amide bonds. The number of carboxylic acids is 1. The molecule has 160 valence electrons. The molecule has 0 aromatic heterocycles. The summed E-state index contributed by atoms with van der Waals surface area (Å²) < 4.78 is 5.06. The molecule has 3 heteroatoms. The van der Waals surface area contributed by atoms with Gasteiger partial charge in [0.1, 0.15) is 0 Å². The molecule has 0 aromatic rings. The number of rotatable bonds is 22. The highest BCUT2D eigenvalue weighted by Gasteiger charge is 2.09. The lowest BCUT2D eigenvalue weighted by molar-refractivity contribution is -0.312. The van der Waals surface area contributed by atoms with Crippen molar-refractivity contribution >= 4 is 5.97 Å². The van der Waals surface area contributed by atoms with Crippen molar-refractivity contribution in [1.82, 2.24) is 0 Å². The molecule has 3 nitrogen and oxygen atoms in total. The highest BCUT2D eigenvalue weighted by atomic mass is 16.5. The Bertz CT molecular complexity index is 328. The van der Waals surface area contributed by atoms with Gasteiger partial charge < -0.3 is 14.6 Å². The molecule has 1 unspecified atom stereocenters. The first-order valence-corrected chi connectivity index (χ1v) is 11.7. The Kier molecular flexibility index (Phi) is 20.5. The van der Waals surface area contributed by atoms with Crippen LogP contribution in [0.2, 0.25) is 0 Å². The Morgan fingerprint density at radius 3 is 1.59 bits per heavy atom. The first-order chi connectivity index (χ1) is 13.2. The molecule has 0 bridgehead atoms. The van der Waals surface area contributed by atoms with Crippen LogP contribution in [0.25, 0.3) is 0 Å². The van der Waals surface area contributed by atoms with E-state index in [0.717, 1.165) is 32.1 Å². The van der Waals surface area contributed by atoms with Gasteiger partial charge in [-0.3, -0.25) is 0 Å². The fourth-order valence-electron chi connectivity index (χ4n) is 3.62. The molecule has 0 rings (SSSR count). The number of carbonyl (C=O) groups is 1. The summed E-state index contributed by atoms with van der Waals surface area (Å²) in [6.07, 6.45) is 23.3. The van der Waals surface area contributed by atoms with Gasteiger partial charge in [0.15, 0.2) is 0 Å². The molecule has 0 radical (unpaired) electrons. The van der Waals surface area contributed by atoms with E-state index < -0.39 is 5.97 Å². The van der Waals surface area contributed by atoms with E-state index in [1.165, 1.54) is 83.3 Å². The molecule has 0 aliphatic heterocycles. The van der Waals surface area contributed by atoms with Gasteiger partial charge in [0.25, 0.3) is 0 Å². The summed E-state index contributed by atoms with van der Waals surface area (Å²) in [5.74, 6) is -1.17. The van der Waals surface area contributed by atoms with Gasteiger partial charge in [-0.25, -0.2) is 0 Å². The van der Waals surface area contributed by atoms with E-state index >= 15 is 0 Å². The number of unbranched alkanes of at least 4 members (excludes halogenated alkanes) is 14. The summed E-state index contributed by atoms with van der Waals surface area (Å²) in [5, 5.41) is 11.2. The summed E-state index contributed by atoms with van der Waals surface area (Å²) in [7, 11) is 0. The van der Waals surface area contributed by atoms with Crippen LogP contribution in [0.3, 0.4) is 0 Å². The van der Waals surface area contributed by atoms with Gasteiger partial charge in [-0.15, -0.1) is 0 Å². The van der Waals surface area contributed by atoms with Crippen molar-refractivity contribution in [2.24, 2.45) is 5.92 Å². The molecule has 27 heavy (non-hydrogen) atoms. The van der Waals surface area contributed by atoms with E-state index in [9.17, 15) is 9.90 Å². The fourth-order valence-corrected chi connectivity index (χ4v) is 3.62. The quantitative estimate of drug-likeness (QED) is 0.158. The Morgan fingerprint density at radius 2 is 1.19 bits per heavy atom. The van der Waals surface area contributed by atoms with E-state index in [0.29, 0.717) is 13.0 Å². The molecule has 0 heterocycles. The third-order valence-electron chi connectivity index (χ3n) is 5.42. The van der Waals surface area contributed by atoms with Crippen LogP contribution >= 0.6 is 0 Å². The molecule has 0 N–H and O–H groups in total. The zero-order valence-corrected chi connectivity index (χ0v) is 18.0. The molecule has 0 aromatic carbocycles. The third kappa shape index (κ3) is 19.6. The van der Waals surface area contributed by atoms with E-state index in [-0.39, 0.29) is 5.92 Å². The minimum atomic E-state index is -0.880. The van der Waals surface area contributed by atoms with Gasteiger partial charge in [-0.05, 0) is 31.6 Å². The van der Waals surface area contributed by atoms with Crippen LogP contribution in [0.5, 0.6) is 0 Å². The first-order valence-electron chi connectivity index (χ1n) is 11.7. The summed E-state index contributed by atoms with van der Waals surface area (Å²) in [4.78, 5) is 11.2. The summed E-state index contributed by atoms with van der Waals surface area (Å²) in [6, 6.07) is 0. The Labute approximate surface area is 169 Å². The van der Waals surface area contributed by atoms with Crippen molar-refractivity contribution in [3.8, 4) is 0 Å². The highest BCUT2D eigenvalue weighted by Crippen LogP contribution is 2.18. The average Bonchev–Trinajstić information content (AvgIpc) is 2.66. The number of aliphatic carboxylic acids is 1.